The first kappa shape index (κ1) is 22.6. The molecule has 1 saturated carbocycles. The van der Waals surface area contributed by atoms with Gasteiger partial charge in [0, 0.05) is 22.7 Å². The minimum absolute atomic E-state index is 0.0311. The van der Waals surface area contributed by atoms with Crippen molar-refractivity contribution in [1.29, 1.82) is 0 Å². The second-order valence-electron chi connectivity index (χ2n) is 8.33. The average Bonchev–Trinajstić information content (AvgIpc) is 3.21. The highest BCUT2D eigenvalue weighted by atomic mass is 35.5. The van der Waals surface area contributed by atoms with Gasteiger partial charge in [0.15, 0.2) is 5.16 Å². The molecule has 1 aliphatic heterocycles. The quantitative estimate of drug-likeness (QED) is 0.279. The molecule has 0 radical (unpaired) electrons. The predicted octanol–water partition coefficient (Wildman–Crippen LogP) is 5.43. The van der Waals surface area contributed by atoms with Crippen molar-refractivity contribution in [2.75, 3.05) is 5.75 Å². The third-order valence-electron chi connectivity index (χ3n) is 6.12. The predicted molar refractivity (Wildman–Crippen MR) is 135 cm³/mol. The summed E-state index contributed by atoms with van der Waals surface area (Å²) in [5, 5.41) is 5.29. The van der Waals surface area contributed by atoms with E-state index in [0.29, 0.717) is 27.7 Å². The van der Waals surface area contributed by atoms with Gasteiger partial charge in [-0.2, -0.15) is 0 Å². The van der Waals surface area contributed by atoms with E-state index in [4.69, 9.17) is 16.6 Å². The van der Waals surface area contributed by atoms with Crippen LogP contribution in [0.4, 0.5) is 0 Å². The Morgan fingerprint density at radius 3 is 2.79 bits per heavy atom. The number of halogens is 1. The fourth-order valence-electron chi connectivity index (χ4n) is 4.53. The number of aromatic nitrogens is 2. The van der Waals surface area contributed by atoms with E-state index in [9.17, 15) is 9.59 Å². The highest BCUT2D eigenvalue weighted by molar-refractivity contribution is 8.00. The van der Waals surface area contributed by atoms with Crippen molar-refractivity contribution in [3.8, 4) is 5.69 Å². The number of amides is 1. The fraction of sp³-hybridized carbons (Fsp3) is 0.320. The molecule has 1 N–H and O–H groups in total. The van der Waals surface area contributed by atoms with Crippen LogP contribution in [0.3, 0.4) is 0 Å². The number of fused-ring (bicyclic) bond motifs is 3. The molecule has 0 bridgehead atoms. The fourth-order valence-corrected chi connectivity index (χ4v) is 7.12. The van der Waals surface area contributed by atoms with Crippen LogP contribution in [0.5, 0.6) is 0 Å². The standard InChI is InChI=1S/C25H24ClN3O2S2/c26-17-9-6-10-18(13-17)29-24(31)22-19-11-4-5-12-20(19)33-23(22)28-25(29)32-15-21(30)27-14-16-7-2-1-3-8-16/h1-3,6-10,13,19-20H,4-5,11-12,14-15H2,(H,27,30)/t19-,20-/m1/s1. The first-order valence-corrected chi connectivity index (χ1v) is 13.4. The summed E-state index contributed by atoms with van der Waals surface area (Å²) in [6, 6.07) is 17.0. The lowest BCUT2D eigenvalue weighted by Crippen LogP contribution is -2.29. The summed E-state index contributed by atoms with van der Waals surface area (Å²) in [7, 11) is 0. The van der Waals surface area contributed by atoms with E-state index in [1.54, 1.807) is 28.5 Å². The zero-order valence-corrected chi connectivity index (χ0v) is 20.4. The van der Waals surface area contributed by atoms with Crippen LogP contribution < -0.4 is 10.9 Å². The van der Waals surface area contributed by atoms with Crippen LogP contribution >= 0.6 is 35.1 Å². The lowest BCUT2D eigenvalue weighted by molar-refractivity contribution is -0.118. The van der Waals surface area contributed by atoms with Crippen molar-refractivity contribution >= 4 is 41.0 Å². The van der Waals surface area contributed by atoms with Crippen molar-refractivity contribution in [1.82, 2.24) is 14.9 Å². The molecule has 0 unspecified atom stereocenters. The first-order valence-electron chi connectivity index (χ1n) is 11.1. The van der Waals surface area contributed by atoms with Crippen LogP contribution in [0.15, 0.2) is 69.6 Å². The summed E-state index contributed by atoms with van der Waals surface area (Å²) in [6.07, 6.45) is 4.50. The number of rotatable bonds is 6. The summed E-state index contributed by atoms with van der Waals surface area (Å²) in [5.41, 5.74) is 2.53. The van der Waals surface area contributed by atoms with Gasteiger partial charge in [-0.3, -0.25) is 14.2 Å². The molecule has 1 aromatic heterocycles. The van der Waals surface area contributed by atoms with Gasteiger partial charge in [-0.05, 0) is 36.6 Å². The Bertz CT molecular complexity index is 1230. The Labute approximate surface area is 206 Å². The first-order chi connectivity index (χ1) is 16.1. The minimum Gasteiger partial charge on any atom is -0.351 e. The number of nitrogens with one attached hydrogen (secondary N) is 1. The van der Waals surface area contributed by atoms with Gasteiger partial charge >= 0.3 is 0 Å². The molecule has 2 aliphatic rings. The molecular weight excluding hydrogens is 474 g/mol. The maximum atomic E-state index is 13.8. The highest BCUT2D eigenvalue weighted by Crippen LogP contribution is 2.50. The molecule has 2 atom stereocenters. The average molecular weight is 498 g/mol. The molecule has 0 saturated heterocycles. The number of carbonyl (C=O) groups excluding carboxylic acids is 1. The number of nitrogens with zero attached hydrogens (tertiary/aromatic N) is 2. The highest BCUT2D eigenvalue weighted by Gasteiger charge is 2.39. The van der Waals surface area contributed by atoms with Gasteiger partial charge in [-0.15, -0.1) is 11.8 Å². The molecule has 33 heavy (non-hydrogen) atoms. The Morgan fingerprint density at radius 1 is 1.15 bits per heavy atom. The summed E-state index contributed by atoms with van der Waals surface area (Å²) >= 11 is 9.26. The molecule has 1 amide bonds. The van der Waals surface area contributed by atoms with Gasteiger partial charge in [0.05, 0.1) is 17.0 Å². The molecule has 1 aliphatic carbocycles. The van der Waals surface area contributed by atoms with Crippen LogP contribution in [0.2, 0.25) is 5.02 Å². The zero-order valence-electron chi connectivity index (χ0n) is 18.0. The van der Waals surface area contributed by atoms with Crippen molar-refractivity contribution in [3.63, 3.8) is 0 Å². The van der Waals surface area contributed by atoms with Gasteiger partial charge in [0.25, 0.3) is 5.56 Å². The second-order valence-corrected chi connectivity index (χ2v) is 10.9. The van der Waals surface area contributed by atoms with Gasteiger partial charge in [-0.1, -0.05) is 72.6 Å². The maximum Gasteiger partial charge on any atom is 0.263 e. The lowest BCUT2D eigenvalue weighted by atomic mass is 9.85. The molecular formula is C25H24ClN3O2S2. The molecule has 2 aromatic carbocycles. The van der Waals surface area contributed by atoms with E-state index in [0.717, 1.165) is 35.4 Å². The number of benzene rings is 2. The monoisotopic (exact) mass is 497 g/mol. The van der Waals surface area contributed by atoms with Gasteiger partial charge in [0.2, 0.25) is 5.91 Å². The Morgan fingerprint density at radius 2 is 1.97 bits per heavy atom. The molecule has 0 spiro atoms. The normalized spacial score (nSPS) is 19.1. The van der Waals surface area contributed by atoms with E-state index < -0.39 is 0 Å². The van der Waals surface area contributed by atoms with Crippen molar-refractivity contribution in [3.05, 3.63) is 81.1 Å². The number of carbonyl (C=O) groups is 1. The van der Waals surface area contributed by atoms with Crippen LogP contribution in [0.25, 0.3) is 5.69 Å². The largest absolute Gasteiger partial charge is 0.351 e. The Kier molecular flexibility index (Phi) is 6.81. The van der Waals surface area contributed by atoms with Crippen molar-refractivity contribution in [2.45, 2.75) is 53.6 Å². The summed E-state index contributed by atoms with van der Waals surface area (Å²) < 4.78 is 1.64. The smallest absolute Gasteiger partial charge is 0.263 e. The second kappa shape index (κ2) is 9.95. The van der Waals surface area contributed by atoms with Crippen molar-refractivity contribution in [2.24, 2.45) is 0 Å². The molecule has 170 valence electrons. The zero-order chi connectivity index (χ0) is 22.8. The topological polar surface area (TPSA) is 64.0 Å². The van der Waals surface area contributed by atoms with Crippen molar-refractivity contribution < 1.29 is 4.79 Å². The van der Waals surface area contributed by atoms with E-state index in [2.05, 4.69) is 5.32 Å². The van der Waals surface area contributed by atoms with E-state index in [1.807, 2.05) is 42.5 Å². The lowest BCUT2D eigenvalue weighted by Gasteiger charge is -2.24. The molecule has 1 fully saturated rings. The van der Waals surface area contributed by atoms with E-state index >= 15 is 0 Å². The Balaban J connectivity index is 1.43. The molecule has 2 heterocycles. The maximum absolute atomic E-state index is 13.8. The van der Waals surface area contributed by atoms with Crippen LogP contribution in [0.1, 0.15) is 42.7 Å². The Hall–Kier alpha value is -2.22. The van der Waals surface area contributed by atoms with Crippen LogP contribution in [0, 0.1) is 0 Å². The number of hydrogen-bond acceptors (Lipinski definition) is 5. The third-order valence-corrected chi connectivity index (χ3v) is 8.70. The third kappa shape index (κ3) is 4.86. The van der Waals surface area contributed by atoms with E-state index in [1.165, 1.54) is 18.2 Å². The van der Waals surface area contributed by atoms with Crippen LogP contribution in [-0.2, 0) is 11.3 Å². The molecule has 5 nitrogen and oxygen atoms in total. The van der Waals surface area contributed by atoms with Gasteiger partial charge < -0.3 is 5.32 Å². The number of hydrogen-bond donors (Lipinski definition) is 1. The molecule has 8 heteroatoms. The van der Waals surface area contributed by atoms with Crippen LogP contribution in [-0.4, -0.2) is 26.5 Å². The summed E-state index contributed by atoms with van der Waals surface area (Å²) in [5.74, 6) is 0.339. The van der Waals surface area contributed by atoms with E-state index in [-0.39, 0.29) is 23.1 Å². The SMILES string of the molecule is O=C(CSc1nc2c(c(=O)n1-c1cccc(Cl)c1)[C@@H]1CCCC[C@H]1S2)NCc1ccccc1. The molecule has 5 rings (SSSR count). The van der Waals surface area contributed by atoms with Gasteiger partial charge in [0.1, 0.15) is 5.03 Å². The number of thioether (sulfide) groups is 2. The minimum atomic E-state index is -0.0995. The summed E-state index contributed by atoms with van der Waals surface area (Å²) in [6.45, 7) is 0.470. The molecule has 3 aromatic rings. The van der Waals surface area contributed by atoms with Gasteiger partial charge in [-0.25, -0.2) is 4.98 Å². The summed E-state index contributed by atoms with van der Waals surface area (Å²) in [4.78, 5) is 31.2.